The van der Waals surface area contributed by atoms with Crippen molar-refractivity contribution in [2.75, 3.05) is 24.8 Å². The van der Waals surface area contributed by atoms with Crippen LogP contribution in [0.5, 0.6) is 0 Å². The van der Waals surface area contributed by atoms with Crippen molar-refractivity contribution < 1.29 is 42.5 Å². The van der Waals surface area contributed by atoms with E-state index in [4.69, 9.17) is 15.3 Å². The number of carbonyl (C=O) groups is 4. The zero-order chi connectivity index (χ0) is 23.2. The number of carboxylic acid groups (broad SMARTS) is 1. The zero-order valence-electron chi connectivity index (χ0n) is 16.3. The minimum Gasteiger partial charge on any atom is -0.477 e. The molecule has 32 heavy (non-hydrogen) atoms. The van der Waals surface area contributed by atoms with Crippen LogP contribution in [0.25, 0.3) is 0 Å². The minimum atomic E-state index is -2.23. The van der Waals surface area contributed by atoms with Crippen molar-refractivity contribution in [3.63, 3.8) is 0 Å². The van der Waals surface area contributed by atoms with Crippen LogP contribution in [-0.4, -0.2) is 78.7 Å². The van der Waals surface area contributed by atoms with Gasteiger partial charge in [0.2, 0.25) is 5.91 Å². The van der Waals surface area contributed by atoms with Gasteiger partial charge in [-0.3, -0.25) is 23.5 Å². The van der Waals surface area contributed by atoms with Gasteiger partial charge in [0, 0.05) is 28.4 Å². The van der Waals surface area contributed by atoms with E-state index < -0.39 is 77.1 Å². The highest BCUT2D eigenvalue weighted by atomic mass is 32.2. The molecule has 0 spiro atoms. The number of esters is 1. The average molecular weight is 488 g/mol. The number of nitrogen functional groups attached to an aromatic ring is 1. The lowest BCUT2D eigenvalue weighted by Gasteiger charge is -2.56. The lowest BCUT2D eigenvalue weighted by atomic mass is 9.84. The number of oxime groups is 1. The first-order valence-corrected chi connectivity index (χ1v) is 11.6. The summed E-state index contributed by atoms with van der Waals surface area (Å²) in [6.45, 7) is -1.26. The molecule has 5 atom stereocenters. The van der Waals surface area contributed by atoms with E-state index in [0.717, 1.165) is 16.2 Å². The Bertz CT molecular complexity index is 1060. The molecule has 0 unspecified atom stereocenters. The van der Waals surface area contributed by atoms with E-state index in [1.54, 1.807) is 0 Å². The minimum absolute atomic E-state index is 0.0662. The van der Waals surface area contributed by atoms with Gasteiger partial charge in [0.1, 0.15) is 24.3 Å². The molecule has 3 aliphatic heterocycles. The van der Waals surface area contributed by atoms with E-state index in [1.807, 2.05) is 0 Å². The van der Waals surface area contributed by atoms with Gasteiger partial charge in [0.05, 0.1) is 18.3 Å². The summed E-state index contributed by atoms with van der Waals surface area (Å²) in [5, 5.41) is 13.8. The fourth-order valence-corrected chi connectivity index (χ4v) is 6.68. The molecular weight excluding hydrogens is 471 g/mol. The fourth-order valence-electron chi connectivity index (χ4n) is 4.12. The summed E-state index contributed by atoms with van der Waals surface area (Å²) in [7, 11) is -1.72. The Morgan fingerprint density at radius 3 is 2.88 bits per heavy atom. The molecule has 15 heteroatoms. The van der Waals surface area contributed by atoms with Crippen molar-refractivity contribution >= 4 is 56.6 Å². The maximum atomic E-state index is 12.9. The Hall–Kier alpha value is -2.94. The molecule has 4 heterocycles. The average Bonchev–Trinajstić information content (AvgIpc) is 3.30. The number of nitrogens with two attached hydrogens (primary N) is 1. The fraction of sp³-hybridized carbons (Fsp3) is 0.529. The molecule has 0 aliphatic carbocycles. The van der Waals surface area contributed by atoms with Gasteiger partial charge in [0.25, 0.3) is 5.72 Å². The van der Waals surface area contributed by atoms with Crippen LogP contribution >= 0.6 is 11.3 Å². The van der Waals surface area contributed by atoms with Crippen LogP contribution in [0.3, 0.4) is 0 Å². The van der Waals surface area contributed by atoms with Crippen molar-refractivity contribution in [2.45, 2.75) is 23.9 Å². The summed E-state index contributed by atoms with van der Waals surface area (Å²) in [4.78, 5) is 59.1. The molecule has 12 nitrogen and oxygen atoms in total. The molecule has 3 aliphatic rings. The van der Waals surface area contributed by atoms with Gasteiger partial charge >= 0.3 is 11.9 Å². The highest BCUT2D eigenvalue weighted by Gasteiger charge is 2.72. The van der Waals surface area contributed by atoms with Crippen LogP contribution < -0.4 is 5.73 Å². The smallest absolute Gasteiger partial charge is 0.370 e. The number of Topliss-reactive ketones (excluding diaryl/α,β-unsaturated/α-hetero) is 1. The second-order valence-corrected chi connectivity index (χ2v) is 9.76. The number of ether oxygens (including phenoxy) is 1. The maximum Gasteiger partial charge on any atom is 0.370 e. The topological polar surface area (TPSA) is 179 Å². The van der Waals surface area contributed by atoms with E-state index in [9.17, 15) is 32.9 Å². The molecule has 0 saturated carbocycles. The predicted molar refractivity (Wildman–Crippen MR) is 106 cm³/mol. The molecule has 3 fully saturated rings. The van der Waals surface area contributed by atoms with Crippen LogP contribution in [-0.2, 0) is 39.6 Å². The zero-order valence-corrected chi connectivity index (χ0v) is 17.9. The SMILES string of the molecule is Nc1nc(/C(=N/OCCF)C(=O)C[C@@H]2C(=O)N3[C@@H]2[S@@](=O)C[C@@H]2CC(=O)O[C@@]23C(=O)O)cs1. The van der Waals surface area contributed by atoms with Crippen LogP contribution in [0.15, 0.2) is 10.5 Å². The molecule has 0 radical (unpaired) electrons. The van der Waals surface area contributed by atoms with Crippen LogP contribution in [0.2, 0.25) is 0 Å². The molecule has 0 aromatic carbocycles. The summed E-state index contributed by atoms with van der Waals surface area (Å²) in [5.74, 6) is -6.06. The molecule has 1 amide bonds. The van der Waals surface area contributed by atoms with Crippen molar-refractivity contribution in [3.8, 4) is 0 Å². The van der Waals surface area contributed by atoms with E-state index in [-0.39, 0.29) is 28.7 Å². The lowest BCUT2D eigenvalue weighted by molar-refractivity contribution is -0.220. The van der Waals surface area contributed by atoms with E-state index in [2.05, 4.69) is 10.1 Å². The van der Waals surface area contributed by atoms with Crippen molar-refractivity contribution in [2.24, 2.45) is 17.0 Å². The van der Waals surface area contributed by atoms with Gasteiger partial charge in [-0.1, -0.05) is 5.16 Å². The highest BCUT2D eigenvalue weighted by molar-refractivity contribution is 7.85. The number of aliphatic carboxylic acids is 1. The molecule has 4 rings (SSSR count). The number of fused-ring (bicyclic) bond motifs is 3. The third-order valence-corrected chi connectivity index (χ3v) is 7.93. The third kappa shape index (κ3) is 3.35. The number of hydrogen-bond acceptors (Lipinski definition) is 11. The largest absolute Gasteiger partial charge is 0.477 e. The molecular formula is C17H17FN4O8S2. The van der Waals surface area contributed by atoms with Gasteiger partial charge in [-0.2, -0.15) is 0 Å². The quantitative estimate of drug-likeness (QED) is 0.156. The van der Waals surface area contributed by atoms with E-state index >= 15 is 0 Å². The number of carboxylic acids is 1. The standard InChI is InChI=1S/C17H17FN4O8S2/c18-1-2-29-21-12(9-5-31-16(19)20-9)10(23)4-8-13(25)22-14(8)32(28)6-7-3-11(24)30-17(7,22)15(26)27/h5,7-8,14H,1-4,6H2,(H2,19,20)(H,26,27)/b21-12-/t7-,8+,14+,17+,32-/m0/s1. The number of anilines is 1. The number of β-lactam (4-membered cyclic amide) rings is 1. The number of hydrogen-bond donors (Lipinski definition) is 2. The normalized spacial score (nSPS) is 31.4. The van der Waals surface area contributed by atoms with Crippen molar-refractivity contribution in [3.05, 3.63) is 11.1 Å². The van der Waals surface area contributed by atoms with Gasteiger partial charge in [-0.15, -0.1) is 11.3 Å². The van der Waals surface area contributed by atoms with Crippen LogP contribution in [0.1, 0.15) is 18.5 Å². The molecule has 1 aromatic heterocycles. The summed E-state index contributed by atoms with van der Waals surface area (Å²) in [6, 6.07) is 0. The number of nitrogens with zero attached hydrogens (tertiary/aromatic N) is 3. The van der Waals surface area contributed by atoms with E-state index in [1.165, 1.54) is 5.38 Å². The molecule has 0 bridgehead atoms. The summed E-state index contributed by atoms with van der Waals surface area (Å²) < 4.78 is 30.2. The summed E-state index contributed by atoms with van der Waals surface area (Å²) in [5.41, 5.74) is 3.13. The molecule has 1 aromatic rings. The maximum absolute atomic E-state index is 12.9. The summed E-state index contributed by atoms with van der Waals surface area (Å²) >= 11 is 1.03. The van der Waals surface area contributed by atoms with Gasteiger partial charge in [-0.05, 0) is 0 Å². The number of amides is 1. The summed E-state index contributed by atoms with van der Waals surface area (Å²) in [6.07, 6.45) is -0.749. The first-order chi connectivity index (χ1) is 15.2. The predicted octanol–water partition coefficient (Wildman–Crippen LogP) is -0.734. The number of rotatable bonds is 8. The number of ketones is 1. The van der Waals surface area contributed by atoms with Crippen LogP contribution in [0, 0.1) is 11.8 Å². The third-order valence-electron chi connectivity index (χ3n) is 5.45. The Morgan fingerprint density at radius 2 is 2.25 bits per heavy atom. The second-order valence-electron chi connectivity index (χ2n) is 7.29. The number of alkyl halides is 1. The second kappa shape index (κ2) is 8.20. The first-order valence-electron chi connectivity index (χ1n) is 9.36. The van der Waals surface area contributed by atoms with Crippen LogP contribution in [0.4, 0.5) is 9.52 Å². The number of thiazole rings is 1. The van der Waals surface area contributed by atoms with Gasteiger partial charge in [0.15, 0.2) is 16.6 Å². The Morgan fingerprint density at radius 1 is 1.50 bits per heavy atom. The Kier molecular flexibility index (Phi) is 5.70. The molecule has 3 N–H and O–H groups in total. The monoisotopic (exact) mass is 488 g/mol. The number of aromatic nitrogens is 1. The van der Waals surface area contributed by atoms with Gasteiger partial charge in [-0.25, -0.2) is 14.2 Å². The van der Waals surface area contributed by atoms with E-state index in [0.29, 0.717) is 0 Å². The molecule has 3 saturated heterocycles. The van der Waals surface area contributed by atoms with Gasteiger partial charge < -0.3 is 20.4 Å². The lowest BCUT2D eigenvalue weighted by Crippen LogP contribution is -2.78. The number of carbonyl (C=O) groups excluding carboxylic acids is 3. The molecule has 172 valence electrons. The van der Waals surface area contributed by atoms with Crippen molar-refractivity contribution in [1.29, 1.82) is 0 Å². The first kappa shape index (κ1) is 22.3. The van der Waals surface area contributed by atoms with Crippen molar-refractivity contribution in [1.82, 2.24) is 9.88 Å². The highest BCUT2D eigenvalue weighted by Crippen LogP contribution is 2.50. The Balaban J connectivity index is 1.59. The number of halogens is 1. The Labute approximate surface area is 186 Å².